The van der Waals surface area contributed by atoms with Crippen LogP contribution in [0.4, 0.5) is 5.69 Å². The molecule has 0 aliphatic carbocycles. The lowest BCUT2D eigenvalue weighted by atomic mass is 10.1. The summed E-state index contributed by atoms with van der Waals surface area (Å²) < 4.78 is 11.1. The minimum atomic E-state index is 0.238. The Morgan fingerprint density at radius 3 is 2.35 bits per heavy atom. The number of hydrogen-bond donors (Lipinski definition) is 1. The number of aryl methyl sites for hydroxylation is 1. The topological polar surface area (TPSA) is 30.5 Å². The van der Waals surface area contributed by atoms with Crippen LogP contribution in [0.3, 0.4) is 0 Å². The zero-order chi connectivity index (χ0) is 16.5. The summed E-state index contributed by atoms with van der Waals surface area (Å²) in [6.07, 6.45) is 6.29. The van der Waals surface area contributed by atoms with Gasteiger partial charge in [0.25, 0.3) is 0 Å². The van der Waals surface area contributed by atoms with E-state index in [0.29, 0.717) is 12.4 Å². The van der Waals surface area contributed by atoms with Gasteiger partial charge in [-0.2, -0.15) is 0 Å². The van der Waals surface area contributed by atoms with Gasteiger partial charge in [0.15, 0.2) is 11.5 Å². The van der Waals surface area contributed by atoms with Gasteiger partial charge in [0.05, 0.1) is 6.61 Å². The summed E-state index contributed by atoms with van der Waals surface area (Å²) in [4.78, 5) is 0. The third-order valence-electron chi connectivity index (χ3n) is 3.48. The van der Waals surface area contributed by atoms with Crippen LogP contribution in [0.15, 0.2) is 42.5 Å². The minimum absolute atomic E-state index is 0.238. The van der Waals surface area contributed by atoms with Crippen molar-refractivity contribution in [1.29, 1.82) is 0 Å². The fraction of sp³-hybridized carbons (Fsp3) is 0.300. The Morgan fingerprint density at radius 2 is 1.70 bits per heavy atom. The number of anilines is 1. The standard InChI is InChI=1S/C20H23NO2/c1-4-13-23-19-12-9-17(14-20(19)22-6-3)15-21-18-10-7-16(5-2)8-11-18/h1,7-12,14,21H,5-6,13,15H2,2-3H3. The first-order valence-corrected chi connectivity index (χ1v) is 7.91. The highest BCUT2D eigenvalue weighted by atomic mass is 16.5. The van der Waals surface area contributed by atoms with Gasteiger partial charge in [0.2, 0.25) is 0 Å². The summed E-state index contributed by atoms with van der Waals surface area (Å²) in [5.41, 5.74) is 3.57. The lowest BCUT2D eigenvalue weighted by Crippen LogP contribution is -2.03. The molecule has 2 aromatic rings. The first-order valence-electron chi connectivity index (χ1n) is 7.91. The fourth-order valence-corrected chi connectivity index (χ4v) is 2.23. The molecule has 0 spiro atoms. The molecule has 3 heteroatoms. The van der Waals surface area contributed by atoms with E-state index in [9.17, 15) is 0 Å². The summed E-state index contributed by atoms with van der Waals surface area (Å²) in [5, 5.41) is 3.42. The second kappa shape index (κ2) is 8.75. The molecule has 0 heterocycles. The second-order valence-electron chi connectivity index (χ2n) is 5.11. The van der Waals surface area contributed by atoms with E-state index in [1.807, 2.05) is 25.1 Å². The van der Waals surface area contributed by atoms with Crippen LogP contribution in [-0.2, 0) is 13.0 Å². The van der Waals surface area contributed by atoms with Crippen molar-refractivity contribution in [2.45, 2.75) is 26.8 Å². The average Bonchev–Trinajstić information content (AvgIpc) is 2.60. The highest BCUT2D eigenvalue weighted by Crippen LogP contribution is 2.28. The largest absolute Gasteiger partial charge is 0.490 e. The van der Waals surface area contributed by atoms with Gasteiger partial charge in [-0.05, 0) is 48.7 Å². The third kappa shape index (κ3) is 4.96. The van der Waals surface area contributed by atoms with Crippen molar-refractivity contribution in [2.24, 2.45) is 0 Å². The van der Waals surface area contributed by atoms with Crippen molar-refractivity contribution in [1.82, 2.24) is 0 Å². The Balaban J connectivity index is 2.04. The third-order valence-corrected chi connectivity index (χ3v) is 3.48. The van der Waals surface area contributed by atoms with Gasteiger partial charge in [0.1, 0.15) is 6.61 Å². The normalized spacial score (nSPS) is 9.96. The summed E-state index contributed by atoms with van der Waals surface area (Å²) in [7, 11) is 0. The highest BCUT2D eigenvalue weighted by molar-refractivity contribution is 5.47. The molecule has 0 aliphatic heterocycles. The van der Waals surface area contributed by atoms with E-state index in [1.165, 1.54) is 5.56 Å². The number of terminal acetylenes is 1. The molecular formula is C20H23NO2. The van der Waals surface area contributed by atoms with E-state index in [2.05, 4.69) is 42.4 Å². The molecule has 2 rings (SSSR count). The smallest absolute Gasteiger partial charge is 0.162 e. The van der Waals surface area contributed by atoms with Crippen molar-refractivity contribution < 1.29 is 9.47 Å². The van der Waals surface area contributed by atoms with Crippen LogP contribution in [-0.4, -0.2) is 13.2 Å². The molecule has 0 saturated carbocycles. The van der Waals surface area contributed by atoms with Gasteiger partial charge >= 0.3 is 0 Å². The van der Waals surface area contributed by atoms with Gasteiger partial charge in [-0.3, -0.25) is 0 Å². The average molecular weight is 309 g/mol. The minimum Gasteiger partial charge on any atom is -0.490 e. The maximum absolute atomic E-state index is 5.64. The van der Waals surface area contributed by atoms with Crippen molar-refractivity contribution >= 4 is 5.69 Å². The van der Waals surface area contributed by atoms with Crippen LogP contribution >= 0.6 is 0 Å². The number of nitrogens with one attached hydrogen (secondary N) is 1. The lowest BCUT2D eigenvalue weighted by molar-refractivity contribution is 0.299. The van der Waals surface area contributed by atoms with Crippen LogP contribution in [0.5, 0.6) is 11.5 Å². The monoisotopic (exact) mass is 309 g/mol. The van der Waals surface area contributed by atoms with Crippen LogP contribution in [0.2, 0.25) is 0 Å². The SMILES string of the molecule is C#CCOc1ccc(CNc2ccc(CC)cc2)cc1OCC. The quantitative estimate of drug-likeness (QED) is 0.739. The first-order chi connectivity index (χ1) is 11.3. The summed E-state index contributed by atoms with van der Waals surface area (Å²) in [6, 6.07) is 14.4. The van der Waals surface area contributed by atoms with Gasteiger partial charge in [-0.1, -0.05) is 31.0 Å². The molecule has 0 atom stereocenters. The lowest BCUT2D eigenvalue weighted by Gasteiger charge is -2.13. The van der Waals surface area contributed by atoms with E-state index in [4.69, 9.17) is 15.9 Å². The molecule has 3 nitrogen and oxygen atoms in total. The van der Waals surface area contributed by atoms with E-state index >= 15 is 0 Å². The van der Waals surface area contributed by atoms with Gasteiger partial charge in [0, 0.05) is 12.2 Å². The molecule has 0 bridgehead atoms. The number of benzene rings is 2. The zero-order valence-corrected chi connectivity index (χ0v) is 13.8. The maximum Gasteiger partial charge on any atom is 0.162 e. The number of hydrogen-bond acceptors (Lipinski definition) is 3. The Bertz CT molecular complexity index is 656. The van der Waals surface area contributed by atoms with Crippen molar-refractivity contribution in [3.05, 3.63) is 53.6 Å². The van der Waals surface area contributed by atoms with E-state index in [1.54, 1.807) is 0 Å². The molecule has 23 heavy (non-hydrogen) atoms. The van der Waals surface area contributed by atoms with Gasteiger partial charge in [-0.15, -0.1) is 6.42 Å². The molecule has 0 aliphatic rings. The molecule has 1 N–H and O–H groups in total. The molecule has 0 saturated heterocycles. The predicted molar refractivity (Wildman–Crippen MR) is 95.1 cm³/mol. The van der Waals surface area contributed by atoms with Crippen LogP contribution in [0.1, 0.15) is 25.0 Å². The van der Waals surface area contributed by atoms with Crippen LogP contribution in [0.25, 0.3) is 0 Å². The Labute approximate surface area is 138 Å². The van der Waals surface area contributed by atoms with E-state index in [0.717, 1.165) is 30.0 Å². The van der Waals surface area contributed by atoms with Crippen molar-refractivity contribution in [3.8, 4) is 23.8 Å². The molecule has 0 radical (unpaired) electrons. The van der Waals surface area contributed by atoms with Gasteiger partial charge < -0.3 is 14.8 Å². The fourth-order valence-electron chi connectivity index (χ4n) is 2.23. The summed E-state index contributed by atoms with van der Waals surface area (Å²) in [6.45, 7) is 5.65. The molecule has 120 valence electrons. The predicted octanol–water partition coefficient (Wildman–Crippen LogP) is 4.27. The molecule has 2 aromatic carbocycles. The van der Waals surface area contributed by atoms with Crippen molar-refractivity contribution in [2.75, 3.05) is 18.5 Å². The summed E-state index contributed by atoms with van der Waals surface area (Å²) >= 11 is 0. The van der Waals surface area contributed by atoms with E-state index in [-0.39, 0.29) is 6.61 Å². The maximum atomic E-state index is 5.64. The number of ether oxygens (including phenoxy) is 2. The highest BCUT2D eigenvalue weighted by Gasteiger charge is 2.06. The Hall–Kier alpha value is -2.60. The first kappa shape index (κ1) is 16.8. The summed E-state index contributed by atoms with van der Waals surface area (Å²) in [5.74, 6) is 3.87. The van der Waals surface area contributed by atoms with Crippen LogP contribution in [0, 0.1) is 12.3 Å². The molecule has 0 fully saturated rings. The zero-order valence-electron chi connectivity index (χ0n) is 13.8. The van der Waals surface area contributed by atoms with Crippen molar-refractivity contribution in [3.63, 3.8) is 0 Å². The molecule has 0 amide bonds. The number of rotatable bonds is 8. The Kier molecular flexibility index (Phi) is 6.38. The molecular weight excluding hydrogens is 286 g/mol. The van der Waals surface area contributed by atoms with Crippen LogP contribution < -0.4 is 14.8 Å². The van der Waals surface area contributed by atoms with Gasteiger partial charge in [-0.25, -0.2) is 0 Å². The molecule has 0 aromatic heterocycles. The van der Waals surface area contributed by atoms with E-state index < -0.39 is 0 Å². The molecule has 0 unspecified atom stereocenters. The Morgan fingerprint density at radius 1 is 0.957 bits per heavy atom. The second-order valence-corrected chi connectivity index (χ2v) is 5.11.